The van der Waals surface area contributed by atoms with Gasteiger partial charge in [0.1, 0.15) is 0 Å². The van der Waals surface area contributed by atoms with Gasteiger partial charge in [-0.2, -0.15) is 13.2 Å². The number of rotatable bonds is 5. The van der Waals surface area contributed by atoms with Gasteiger partial charge in [-0.25, -0.2) is 0 Å². The lowest BCUT2D eigenvalue weighted by atomic mass is 10.1. The minimum atomic E-state index is -4.40. The topological polar surface area (TPSA) is 23.5 Å². The maximum Gasteiger partial charge on any atom is 0.418 e. The van der Waals surface area contributed by atoms with Crippen LogP contribution in [0.15, 0.2) is 22.7 Å². The lowest BCUT2D eigenvalue weighted by Gasteiger charge is -2.26. The average Bonchev–Trinajstić information content (AvgIpc) is 2.27. The maximum atomic E-state index is 13.0. The third-order valence-electron chi connectivity index (χ3n) is 2.47. The highest BCUT2D eigenvalue weighted by Crippen LogP contribution is 2.38. The van der Waals surface area contributed by atoms with E-state index in [9.17, 15) is 13.2 Å². The molecule has 102 valence electrons. The lowest BCUT2D eigenvalue weighted by Crippen LogP contribution is -2.29. The summed E-state index contributed by atoms with van der Waals surface area (Å²) in [4.78, 5) is 1.55. The predicted octanol–water partition coefficient (Wildman–Crippen LogP) is 3.68. The fraction of sp³-hybridized carbons (Fsp3) is 0.500. The fourth-order valence-corrected chi connectivity index (χ4v) is 2.12. The molecule has 1 aromatic carbocycles. The first-order valence-electron chi connectivity index (χ1n) is 5.62. The molecular weight excluding hydrogens is 311 g/mol. The third kappa shape index (κ3) is 3.88. The molecule has 2 nitrogen and oxygen atoms in total. The van der Waals surface area contributed by atoms with E-state index < -0.39 is 11.7 Å². The molecule has 0 atom stereocenters. The Morgan fingerprint density at radius 1 is 1.28 bits per heavy atom. The van der Waals surface area contributed by atoms with Crippen LogP contribution in [0.4, 0.5) is 18.9 Å². The van der Waals surface area contributed by atoms with E-state index in [0.717, 1.165) is 6.07 Å². The molecule has 1 rings (SSSR count). The predicted molar refractivity (Wildman–Crippen MR) is 68.7 cm³/mol. The van der Waals surface area contributed by atoms with E-state index in [2.05, 4.69) is 15.9 Å². The number of nitrogens with zero attached hydrogens (tertiary/aromatic N) is 1. The van der Waals surface area contributed by atoms with Crippen molar-refractivity contribution < 1.29 is 18.3 Å². The van der Waals surface area contributed by atoms with Crippen LogP contribution >= 0.6 is 15.9 Å². The number of anilines is 1. The second-order valence-corrected chi connectivity index (χ2v) is 4.79. The number of hydrogen-bond acceptors (Lipinski definition) is 2. The number of alkyl halides is 3. The SMILES string of the molecule is CCCN(CCO)c1ccc(Br)cc1C(F)(F)F. The van der Waals surface area contributed by atoms with Gasteiger partial charge in [0.25, 0.3) is 0 Å². The number of aliphatic hydroxyl groups is 1. The van der Waals surface area contributed by atoms with Crippen molar-refractivity contribution >= 4 is 21.6 Å². The van der Waals surface area contributed by atoms with Crippen LogP contribution in [0, 0.1) is 0 Å². The molecule has 0 radical (unpaired) electrons. The van der Waals surface area contributed by atoms with E-state index >= 15 is 0 Å². The van der Waals surface area contributed by atoms with Crippen LogP contribution in [0.3, 0.4) is 0 Å². The van der Waals surface area contributed by atoms with Gasteiger partial charge in [-0.15, -0.1) is 0 Å². The zero-order valence-corrected chi connectivity index (χ0v) is 11.6. The molecule has 0 saturated carbocycles. The Hall–Kier alpha value is -0.750. The molecule has 0 saturated heterocycles. The van der Waals surface area contributed by atoms with E-state index in [1.165, 1.54) is 6.07 Å². The average molecular weight is 326 g/mol. The van der Waals surface area contributed by atoms with Crippen LogP contribution in [0.5, 0.6) is 0 Å². The Labute approximate surface area is 113 Å². The molecule has 0 spiro atoms. The normalized spacial score (nSPS) is 11.7. The van der Waals surface area contributed by atoms with Crippen LogP contribution in [-0.2, 0) is 6.18 Å². The number of hydrogen-bond donors (Lipinski definition) is 1. The van der Waals surface area contributed by atoms with Gasteiger partial charge in [-0.3, -0.25) is 0 Å². The van der Waals surface area contributed by atoms with Gasteiger partial charge in [-0.1, -0.05) is 22.9 Å². The number of benzene rings is 1. The first kappa shape index (κ1) is 15.3. The number of aliphatic hydroxyl groups excluding tert-OH is 1. The Morgan fingerprint density at radius 3 is 2.44 bits per heavy atom. The number of halogens is 4. The summed E-state index contributed by atoms with van der Waals surface area (Å²) in [5, 5.41) is 8.94. The summed E-state index contributed by atoms with van der Waals surface area (Å²) < 4.78 is 39.3. The summed E-state index contributed by atoms with van der Waals surface area (Å²) in [6.45, 7) is 2.38. The molecule has 18 heavy (non-hydrogen) atoms. The summed E-state index contributed by atoms with van der Waals surface area (Å²) in [7, 11) is 0. The molecule has 0 aliphatic heterocycles. The van der Waals surface area contributed by atoms with Gasteiger partial charge in [0.15, 0.2) is 0 Å². The quantitative estimate of drug-likeness (QED) is 0.892. The zero-order valence-electron chi connectivity index (χ0n) is 9.97. The second kappa shape index (κ2) is 6.43. The summed E-state index contributed by atoms with van der Waals surface area (Å²) >= 11 is 3.05. The summed E-state index contributed by atoms with van der Waals surface area (Å²) in [5.41, 5.74) is -0.569. The minimum absolute atomic E-state index is 0.113. The molecule has 0 fully saturated rings. The van der Waals surface area contributed by atoms with Crippen LogP contribution in [0.1, 0.15) is 18.9 Å². The zero-order chi connectivity index (χ0) is 13.8. The highest BCUT2D eigenvalue weighted by molar-refractivity contribution is 9.10. The van der Waals surface area contributed by atoms with Crippen molar-refractivity contribution in [3.63, 3.8) is 0 Å². The summed E-state index contributed by atoms with van der Waals surface area (Å²) in [6.07, 6.45) is -3.69. The molecule has 1 aromatic rings. The fourth-order valence-electron chi connectivity index (χ4n) is 1.75. The van der Waals surface area contributed by atoms with E-state index in [1.807, 2.05) is 6.92 Å². The highest BCUT2D eigenvalue weighted by Gasteiger charge is 2.34. The van der Waals surface area contributed by atoms with Gasteiger partial charge in [0.2, 0.25) is 0 Å². The van der Waals surface area contributed by atoms with E-state index in [1.54, 1.807) is 11.0 Å². The van der Waals surface area contributed by atoms with Crippen LogP contribution in [0.25, 0.3) is 0 Å². The maximum absolute atomic E-state index is 13.0. The van der Waals surface area contributed by atoms with Gasteiger partial charge in [0, 0.05) is 23.2 Å². The van der Waals surface area contributed by atoms with Gasteiger partial charge < -0.3 is 10.0 Å². The van der Waals surface area contributed by atoms with E-state index in [-0.39, 0.29) is 18.8 Å². The van der Waals surface area contributed by atoms with Gasteiger partial charge in [0.05, 0.1) is 12.2 Å². The molecule has 0 heterocycles. The first-order chi connectivity index (χ1) is 8.40. The molecular formula is C12H15BrF3NO. The summed E-state index contributed by atoms with van der Waals surface area (Å²) in [5.74, 6) is 0. The van der Waals surface area contributed by atoms with Gasteiger partial charge >= 0.3 is 6.18 Å². The van der Waals surface area contributed by atoms with Crippen LogP contribution in [0.2, 0.25) is 0 Å². The molecule has 0 unspecified atom stereocenters. The Bertz CT molecular complexity index is 389. The van der Waals surface area contributed by atoms with E-state index in [4.69, 9.17) is 5.11 Å². The monoisotopic (exact) mass is 325 g/mol. The summed E-state index contributed by atoms with van der Waals surface area (Å²) in [6, 6.07) is 4.07. The van der Waals surface area contributed by atoms with Crippen LogP contribution < -0.4 is 4.90 Å². The smallest absolute Gasteiger partial charge is 0.395 e. The Kier molecular flexibility index (Phi) is 5.47. The lowest BCUT2D eigenvalue weighted by molar-refractivity contribution is -0.137. The van der Waals surface area contributed by atoms with Crippen molar-refractivity contribution in [3.05, 3.63) is 28.2 Å². The minimum Gasteiger partial charge on any atom is -0.395 e. The van der Waals surface area contributed by atoms with Crippen LogP contribution in [-0.4, -0.2) is 24.8 Å². The molecule has 0 bridgehead atoms. The van der Waals surface area contributed by atoms with E-state index in [0.29, 0.717) is 17.4 Å². The second-order valence-electron chi connectivity index (χ2n) is 3.87. The van der Waals surface area contributed by atoms with Crippen molar-refractivity contribution in [1.82, 2.24) is 0 Å². The van der Waals surface area contributed by atoms with Crippen molar-refractivity contribution in [2.75, 3.05) is 24.6 Å². The molecule has 0 amide bonds. The molecule has 1 N–H and O–H groups in total. The molecule has 0 aromatic heterocycles. The first-order valence-corrected chi connectivity index (χ1v) is 6.42. The van der Waals surface area contributed by atoms with Crippen molar-refractivity contribution in [2.45, 2.75) is 19.5 Å². The molecule has 6 heteroatoms. The standard InChI is InChI=1S/C12H15BrF3NO/c1-2-5-17(6-7-18)11-4-3-9(13)8-10(11)12(14,15)16/h3-4,8,18H,2,5-7H2,1H3. The van der Waals surface area contributed by atoms with Gasteiger partial charge in [-0.05, 0) is 24.6 Å². The largest absolute Gasteiger partial charge is 0.418 e. The highest BCUT2D eigenvalue weighted by atomic mass is 79.9. The Morgan fingerprint density at radius 2 is 1.94 bits per heavy atom. The van der Waals surface area contributed by atoms with Crippen molar-refractivity contribution in [2.24, 2.45) is 0 Å². The van der Waals surface area contributed by atoms with Crippen molar-refractivity contribution in [3.8, 4) is 0 Å². The molecule has 0 aliphatic rings. The third-order valence-corrected chi connectivity index (χ3v) is 2.96. The Balaban J connectivity index is 3.20. The molecule has 0 aliphatic carbocycles. The van der Waals surface area contributed by atoms with Crippen molar-refractivity contribution in [1.29, 1.82) is 0 Å².